The molecule has 30 heavy (non-hydrogen) atoms. The minimum atomic E-state index is -0.743. The summed E-state index contributed by atoms with van der Waals surface area (Å²) >= 11 is 0. The van der Waals surface area contributed by atoms with E-state index in [9.17, 15) is 24.5 Å². The molecule has 1 N–H and O–H groups in total. The van der Waals surface area contributed by atoms with Gasteiger partial charge in [-0.1, -0.05) is 13.0 Å². The zero-order valence-electron chi connectivity index (χ0n) is 17.2. The van der Waals surface area contributed by atoms with Gasteiger partial charge in [-0.2, -0.15) is 0 Å². The average Bonchev–Trinajstić information content (AvgIpc) is 2.96. The van der Waals surface area contributed by atoms with Gasteiger partial charge in [-0.15, -0.1) is 0 Å². The topological polar surface area (TPSA) is 134 Å². The minimum Gasteiger partial charge on any atom is -0.493 e. The number of Topliss-reactive ketones (excluding diaryl/α,β-unsaturated/α-hetero) is 1. The van der Waals surface area contributed by atoms with Gasteiger partial charge in [-0.3, -0.25) is 24.5 Å². The van der Waals surface area contributed by atoms with Gasteiger partial charge in [0.1, 0.15) is 5.78 Å². The van der Waals surface area contributed by atoms with Crippen molar-refractivity contribution in [3.05, 3.63) is 33.9 Å². The lowest BCUT2D eigenvalue weighted by Gasteiger charge is -2.17. The highest BCUT2D eigenvalue weighted by molar-refractivity contribution is 5.88. The lowest BCUT2D eigenvalue weighted by molar-refractivity contribution is -0.490. The number of carbonyl (C=O) groups is 3. The van der Waals surface area contributed by atoms with Crippen LogP contribution in [0.25, 0.3) is 0 Å². The maximum Gasteiger partial charge on any atom is 0.307 e. The largest absolute Gasteiger partial charge is 0.493 e. The van der Waals surface area contributed by atoms with Crippen molar-refractivity contribution in [1.82, 2.24) is 5.32 Å². The Labute approximate surface area is 174 Å². The van der Waals surface area contributed by atoms with Gasteiger partial charge in [0.15, 0.2) is 18.1 Å². The second-order valence-corrected chi connectivity index (χ2v) is 7.26. The second-order valence-electron chi connectivity index (χ2n) is 7.26. The molecule has 0 unspecified atom stereocenters. The monoisotopic (exact) mass is 422 g/mol. The molecular formula is C20H26N2O8. The van der Waals surface area contributed by atoms with Gasteiger partial charge >= 0.3 is 5.97 Å². The highest BCUT2D eigenvalue weighted by atomic mass is 16.6. The van der Waals surface area contributed by atoms with Crippen molar-refractivity contribution in [3.63, 3.8) is 0 Å². The van der Waals surface area contributed by atoms with Gasteiger partial charge in [0.25, 0.3) is 5.91 Å². The first-order valence-electron chi connectivity index (χ1n) is 9.52. The lowest BCUT2D eigenvalue weighted by atomic mass is 9.88. The molecule has 0 heterocycles. The molecule has 0 bridgehead atoms. The van der Waals surface area contributed by atoms with E-state index >= 15 is 0 Å². The molecule has 0 radical (unpaired) electrons. The van der Waals surface area contributed by atoms with Crippen molar-refractivity contribution in [2.24, 2.45) is 17.8 Å². The predicted molar refractivity (Wildman–Crippen MR) is 105 cm³/mol. The third kappa shape index (κ3) is 6.16. The van der Waals surface area contributed by atoms with E-state index in [1.807, 2.05) is 0 Å². The number of ether oxygens (including phenoxy) is 3. The zero-order valence-corrected chi connectivity index (χ0v) is 17.2. The first-order valence-corrected chi connectivity index (χ1v) is 9.52. The first-order chi connectivity index (χ1) is 14.2. The van der Waals surface area contributed by atoms with Crippen molar-refractivity contribution in [3.8, 4) is 11.5 Å². The fourth-order valence-corrected chi connectivity index (χ4v) is 3.63. The van der Waals surface area contributed by atoms with Gasteiger partial charge in [0.2, 0.25) is 6.54 Å². The molecular weight excluding hydrogens is 396 g/mol. The Morgan fingerprint density at radius 1 is 1.23 bits per heavy atom. The van der Waals surface area contributed by atoms with Crippen molar-refractivity contribution in [1.29, 1.82) is 0 Å². The highest BCUT2D eigenvalue weighted by Gasteiger charge is 2.44. The lowest BCUT2D eigenvalue weighted by Crippen LogP contribution is -2.30. The van der Waals surface area contributed by atoms with E-state index in [-0.39, 0.29) is 37.6 Å². The summed E-state index contributed by atoms with van der Waals surface area (Å²) in [6.45, 7) is 1.10. The summed E-state index contributed by atoms with van der Waals surface area (Å²) in [5.74, 6) is -1.73. The van der Waals surface area contributed by atoms with Crippen LogP contribution in [0.5, 0.6) is 11.5 Å². The van der Waals surface area contributed by atoms with Crippen LogP contribution in [0.4, 0.5) is 0 Å². The molecule has 3 atom stereocenters. The summed E-state index contributed by atoms with van der Waals surface area (Å²) in [4.78, 5) is 46.5. The summed E-state index contributed by atoms with van der Waals surface area (Å²) in [7, 11) is 3.03. The maximum absolute atomic E-state index is 12.1. The van der Waals surface area contributed by atoms with Gasteiger partial charge in [-0.25, -0.2) is 0 Å². The smallest absolute Gasteiger partial charge is 0.307 e. The van der Waals surface area contributed by atoms with E-state index in [0.717, 1.165) is 5.56 Å². The Kier molecular flexibility index (Phi) is 8.14. The molecule has 2 rings (SSSR count). The van der Waals surface area contributed by atoms with Crippen molar-refractivity contribution in [2.75, 3.05) is 27.4 Å². The van der Waals surface area contributed by atoms with Gasteiger partial charge in [0, 0.05) is 29.7 Å². The number of hydrogen-bond donors (Lipinski definition) is 1. The van der Waals surface area contributed by atoms with Gasteiger partial charge in [-0.05, 0) is 23.6 Å². The number of esters is 1. The second kappa shape index (κ2) is 10.6. The molecule has 10 heteroatoms. The minimum absolute atomic E-state index is 0.162. The Hall–Kier alpha value is -3.17. The van der Waals surface area contributed by atoms with Gasteiger partial charge < -0.3 is 19.5 Å². The third-order valence-electron chi connectivity index (χ3n) is 5.23. The molecule has 1 amide bonds. The van der Waals surface area contributed by atoms with E-state index in [1.165, 1.54) is 14.2 Å². The fourth-order valence-electron chi connectivity index (χ4n) is 3.63. The molecule has 1 aromatic rings. The summed E-state index contributed by atoms with van der Waals surface area (Å²) < 4.78 is 15.3. The summed E-state index contributed by atoms with van der Waals surface area (Å²) in [6.07, 6.45) is -0.0487. The van der Waals surface area contributed by atoms with Crippen LogP contribution >= 0.6 is 0 Å². The quantitative estimate of drug-likeness (QED) is 0.339. The number of nitro groups is 1. The zero-order chi connectivity index (χ0) is 22.3. The Balaban J connectivity index is 1.81. The third-order valence-corrected chi connectivity index (χ3v) is 5.23. The molecule has 1 aromatic carbocycles. The first kappa shape index (κ1) is 23.1. The molecule has 10 nitrogen and oxygen atoms in total. The van der Waals surface area contributed by atoms with Crippen LogP contribution in [0.1, 0.15) is 25.3 Å². The molecule has 0 aromatic heterocycles. The van der Waals surface area contributed by atoms with E-state index in [0.29, 0.717) is 11.5 Å². The number of hydrogen-bond acceptors (Lipinski definition) is 8. The summed E-state index contributed by atoms with van der Waals surface area (Å²) in [5.41, 5.74) is 0.764. The van der Waals surface area contributed by atoms with Crippen LogP contribution in [0.3, 0.4) is 0 Å². The molecule has 164 valence electrons. The van der Waals surface area contributed by atoms with Crippen molar-refractivity contribution < 1.29 is 33.5 Å². The van der Waals surface area contributed by atoms with Crippen LogP contribution in [0.15, 0.2) is 18.2 Å². The highest BCUT2D eigenvalue weighted by Crippen LogP contribution is 2.36. The van der Waals surface area contributed by atoms with E-state index in [1.54, 1.807) is 25.1 Å². The van der Waals surface area contributed by atoms with Gasteiger partial charge in [0.05, 0.1) is 20.6 Å². The molecule has 1 fully saturated rings. The molecule has 0 saturated heterocycles. The van der Waals surface area contributed by atoms with Crippen molar-refractivity contribution in [2.45, 2.75) is 26.3 Å². The fraction of sp³-hybridized carbons (Fsp3) is 0.550. The molecule has 1 aliphatic rings. The molecule has 1 saturated carbocycles. The molecule has 0 aliphatic heterocycles. The average molecular weight is 422 g/mol. The normalized spacial score (nSPS) is 20.5. The van der Waals surface area contributed by atoms with E-state index in [2.05, 4.69) is 5.32 Å². The van der Waals surface area contributed by atoms with Crippen molar-refractivity contribution >= 4 is 17.7 Å². The number of rotatable bonds is 10. The van der Waals surface area contributed by atoms with Crippen LogP contribution in [-0.4, -0.2) is 50.0 Å². The molecule has 0 spiro atoms. The Morgan fingerprint density at radius 2 is 1.93 bits per heavy atom. The van der Waals surface area contributed by atoms with Crippen LogP contribution in [0, 0.1) is 27.9 Å². The number of ketones is 1. The number of nitrogens with one attached hydrogen (secondary N) is 1. The molecule has 1 aliphatic carbocycles. The maximum atomic E-state index is 12.1. The van der Waals surface area contributed by atoms with Crippen LogP contribution in [-0.2, 0) is 25.7 Å². The Morgan fingerprint density at radius 3 is 2.57 bits per heavy atom. The number of amides is 1. The standard InChI is InChI=1S/C20H26N2O8/c1-12-6-16(23)14(15(12)10-22(26)27)8-20(25)30-11-19(24)21-9-13-4-5-17(28-2)18(7-13)29-3/h4-5,7,12,14-15H,6,8-11H2,1-3H3,(H,21,24)/t12-,14+,15-/m1/s1. The number of nitrogens with zero attached hydrogens (tertiary/aromatic N) is 1. The van der Waals surface area contributed by atoms with E-state index < -0.39 is 35.2 Å². The van der Waals surface area contributed by atoms with Crippen LogP contribution in [0.2, 0.25) is 0 Å². The number of benzene rings is 1. The summed E-state index contributed by atoms with van der Waals surface area (Å²) in [5, 5.41) is 13.4. The Bertz CT molecular complexity index is 810. The number of carbonyl (C=O) groups excluding carboxylic acids is 3. The predicted octanol–water partition coefficient (Wildman–Crippen LogP) is 1.37. The van der Waals surface area contributed by atoms with Crippen LogP contribution < -0.4 is 14.8 Å². The summed E-state index contributed by atoms with van der Waals surface area (Å²) in [6, 6.07) is 5.19. The van der Waals surface area contributed by atoms with E-state index in [4.69, 9.17) is 14.2 Å². The SMILES string of the molecule is COc1ccc(CNC(=O)COC(=O)C[C@@H]2C(=O)C[C@@H](C)[C@H]2C[N+](=O)[O-])cc1OC. The number of methoxy groups -OCH3 is 2.